The number of rotatable bonds is 4. The summed E-state index contributed by atoms with van der Waals surface area (Å²) < 4.78 is 38.7. The second kappa shape index (κ2) is 7.15. The van der Waals surface area contributed by atoms with Gasteiger partial charge in [-0.2, -0.15) is 0 Å². The predicted molar refractivity (Wildman–Crippen MR) is 75.1 cm³/mol. The van der Waals surface area contributed by atoms with Crippen LogP contribution in [0.2, 0.25) is 0 Å². The fourth-order valence-corrected chi connectivity index (χ4v) is 2.35. The van der Waals surface area contributed by atoms with E-state index in [9.17, 15) is 13.0 Å². The average molecular weight is 316 g/mol. The molecule has 0 radical (unpaired) electrons. The zero-order valence-electron chi connectivity index (χ0n) is 11.7. The van der Waals surface area contributed by atoms with Crippen LogP contribution in [0.5, 0.6) is 5.75 Å². The summed E-state index contributed by atoms with van der Waals surface area (Å²) >= 11 is 0. The minimum absolute atomic E-state index is 0. The zero-order valence-corrected chi connectivity index (χ0v) is 14.5. The molecule has 0 aliphatic carbocycles. The molecule has 3 N–H and O–H groups in total. The normalized spacial score (nSPS) is 10.6. The van der Waals surface area contributed by atoms with Crippen LogP contribution in [0.1, 0.15) is 0 Å². The molecule has 0 aromatic heterocycles. The van der Waals surface area contributed by atoms with Gasteiger partial charge in [-0.15, -0.1) is 0 Å². The Morgan fingerprint density at radius 1 is 1.14 bits per heavy atom. The summed E-state index contributed by atoms with van der Waals surface area (Å²) in [6.45, 7) is 0. The molecule has 0 saturated carbocycles. The SMILES string of the molecule is COc1ccc(Nc2ccc(N)cc2S(=O)(=O)[O-])cc1.[Na+]. The van der Waals surface area contributed by atoms with Crippen molar-refractivity contribution < 1.29 is 47.3 Å². The van der Waals surface area contributed by atoms with Crippen molar-refractivity contribution in [3.63, 3.8) is 0 Å². The van der Waals surface area contributed by atoms with E-state index in [0.29, 0.717) is 11.4 Å². The van der Waals surface area contributed by atoms with Crippen molar-refractivity contribution in [1.29, 1.82) is 0 Å². The molecular formula is C13H13N2NaO4S. The number of nitrogen functional groups attached to an aromatic ring is 1. The third-order valence-electron chi connectivity index (χ3n) is 2.64. The van der Waals surface area contributed by atoms with Crippen LogP contribution in [0, 0.1) is 0 Å². The van der Waals surface area contributed by atoms with E-state index in [-0.39, 0.29) is 45.8 Å². The molecule has 0 fully saturated rings. The second-order valence-corrected chi connectivity index (χ2v) is 5.41. The Kier molecular flexibility index (Phi) is 6.06. The maximum atomic E-state index is 11.2. The van der Waals surface area contributed by atoms with Crippen molar-refractivity contribution in [2.24, 2.45) is 0 Å². The summed E-state index contributed by atoms with van der Waals surface area (Å²) in [5, 5.41) is 2.87. The van der Waals surface area contributed by atoms with Crippen molar-refractivity contribution >= 4 is 27.2 Å². The van der Waals surface area contributed by atoms with E-state index in [4.69, 9.17) is 10.5 Å². The van der Waals surface area contributed by atoms with E-state index in [1.54, 1.807) is 31.4 Å². The number of hydrogen-bond acceptors (Lipinski definition) is 6. The number of anilines is 3. The van der Waals surface area contributed by atoms with Gasteiger partial charge in [-0.05, 0) is 42.5 Å². The summed E-state index contributed by atoms with van der Waals surface area (Å²) in [7, 11) is -3.06. The van der Waals surface area contributed by atoms with E-state index in [1.807, 2.05) is 0 Å². The maximum absolute atomic E-state index is 11.2. The zero-order chi connectivity index (χ0) is 14.8. The van der Waals surface area contributed by atoms with Gasteiger partial charge in [0.1, 0.15) is 15.9 Å². The van der Waals surface area contributed by atoms with Gasteiger partial charge in [-0.3, -0.25) is 0 Å². The molecule has 8 heteroatoms. The molecular weight excluding hydrogens is 303 g/mol. The molecule has 0 atom stereocenters. The largest absolute Gasteiger partial charge is 1.00 e. The molecule has 2 rings (SSSR count). The molecule has 21 heavy (non-hydrogen) atoms. The van der Waals surface area contributed by atoms with Crippen LogP contribution in [0.15, 0.2) is 47.4 Å². The Labute approximate surface area is 145 Å². The Balaban J connectivity index is 0.00000220. The molecule has 0 saturated heterocycles. The monoisotopic (exact) mass is 316 g/mol. The van der Waals surface area contributed by atoms with E-state index < -0.39 is 10.1 Å². The standard InChI is InChI=1S/C13H14N2O4S.Na/c1-19-11-5-3-10(4-6-11)15-12-7-2-9(14)8-13(12)20(16,17)18;/h2-8,15H,14H2,1H3,(H,16,17,18);/q;+1/p-1. The van der Waals surface area contributed by atoms with Crippen molar-refractivity contribution in [2.75, 3.05) is 18.2 Å². The van der Waals surface area contributed by atoms with E-state index in [1.165, 1.54) is 12.1 Å². The van der Waals surface area contributed by atoms with Crippen LogP contribution < -0.4 is 45.3 Å². The summed E-state index contributed by atoms with van der Waals surface area (Å²) in [6, 6.07) is 10.9. The number of nitrogens with two attached hydrogens (primary N) is 1. The van der Waals surface area contributed by atoms with Gasteiger partial charge in [-0.1, -0.05) is 0 Å². The second-order valence-electron chi connectivity index (χ2n) is 4.06. The van der Waals surface area contributed by atoms with Crippen LogP contribution in [-0.4, -0.2) is 20.1 Å². The Morgan fingerprint density at radius 3 is 2.29 bits per heavy atom. The fourth-order valence-electron chi connectivity index (χ4n) is 1.68. The number of methoxy groups -OCH3 is 1. The molecule has 106 valence electrons. The minimum atomic E-state index is -4.61. The van der Waals surface area contributed by atoms with Gasteiger partial charge < -0.3 is 20.3 Å². The first-order valence-corrected chi connectivity index (χ1v) is 7.07. The topological polar surface area (TPSA) is 104 Å². The first-order chi connectivity index (χ1) is 9.40. The Bertz CT molecular complexity index is 717. The van der Waals surface area contributed by atoms with Crippen LogP contribution in [0.4, 0.5) is 17.1 Å². The van der Waals surface area contributed by atoms with Crippen LogP contribution in [0.3, 0.4) is 0 Å². The average Bonchev–Trinajstić information content (AvgIpc) is 2.40. The molecule has 0 unspecified atom stereocenters. The van der Waals surface area contributed by atoms with Gasteiger partial charge in [0.2, 0.25) is 0 Å². The molecule has 2 aromatic carbocycles. The Morgan fingerprint density at radius 2 is 1.76 bits per heavy atom. The molecule has 0 aliphatic heterocycles. The fraction of sp³-hybridized carbons (Fsp3) is 0.0769. The Hall–Kier alpha value is -1.25. The van der Waals surface area contributed by atoms with Gasteiger partial charge in [0, 0.05) is 11.4 Å². The quantitative estimate of drug-likeness (QED) is 0.423. The summed E-state index contributed by atoms with van der Waals surface area (Å²) in [6.07, 6.45) is 0. The molecule has 0 bridgehead atoms. The number of ether oxygens (including phenoxy) is 1. The third-order valence-corrected chi connectivity index (χ3v) is 3.52. The van der Waals surface area contributed by atoms with E-state index in [0.717, 1.165) is 6.07 Å². The van der Waals surface area contributed by atoms with Crippen molar-refractivity contribution in [1.82, 2.24) is 0 Å². The maximum Gasteiger partial charge on any atom is 1.00 e. The van der Waals surface area contributed by atoms with E-state index >= 15 is 0 Å². The molecule has 0 amide bonds. The van der Waals surface area contributed by atoms with Crippen LogP contribution in [0.25, 0.3) is 0 Å². The van der Waals surface area contributed by atoms with Crippen LogP contribution in [-0.2, 0) is 10.1 Å². The third kappa shape index (κ3) is 4.62. The molecule has 0 spiro atoms. The number of hydrogen-bond donors (Lipinski definition) is 2. The number of benzene rings is 2. The van der Waals surface area contributed by atoms with E-state index in [2.05, 4.69) is 5.32 Å². The molecule has 6 nitrogen and oxygen atoms in total. The van der Waals surface area contributed by atoms with Crippen molar-refractivity contribution in [3.8, 4) is 5.75 Å². The van der Waals surface area contributed by atoms with Gasteiger partial charge >= 0.3 is 29.6 Å². The van der Waals surface area contributed by atoms with Gasteiger partial charge in [-0.25, -0.2) is 8.42 Å². The van der Waals surface area contributed by atoms with Gasteiger partial charge in [0.25, 0.3) is 0 Å². The van der Waals surface area contributed by atoms with Crippen molar-refractivity contribution in [3.05, 3.63) is 42.5 Å². The van der Waals surface area contributed by atoms with Crippen molar-refractivity contribution in [2.45, 2.75) is 4.90 Å². The number of nitrogens with one attached hydrogen (secondary N) is 1. The molecule has 0 aliphatic rings. The molecule has 2 aromatic rings. The summed E-state index contributed by atoms with van der Waals surface area (Å²) in [5.74, 6) is 0.671. The minimum Gasteiger partial charge on any atom is -0.744 e. The summed E-state index contributed by atoms with van der Waals surface area (Å²) in [4.78, 5) is -0.381. The smallest absolute Gasteiger partial charge is 0.744 e. The van der Waals surface area contributed by atoms with Crippen LogP contribution >= 0.6 is 0 Å². The van der Waals surface area contributed by atoms with Gasteiger partial charge in [0.05, 0.1) is 17.7 Å². The summed E-state index contributed by atoms with van der Waals surface area (Å²) in [5.41, 5.74) is 6.52. The predicted octanol–water partition coefficient (Wildman–Crippen LogP) is -1.07. The van der Waals surface area contributed by atoms with Gasteiger partial charge in [0.15, 0.2) is 0 Å². The molecule has 0 heterocycles. The first kappa shape index (κ1) is 17.8. The first-order valence-electron chi connectivity index (χ1n) is 5.66.